The predicted molar refractivity (Wildman–Crippen MR) is 113 cm³/mol. The Hall–Kier alpha value is -3.01. The number of aryl methyl sites for hydroxylation is 1. The van der Waals surface area contributed by atoms with Crippen LogP contribution in [-0.2, 0) is 4.79 Å². The van der Waals surface area contributed by atoms with E-state index in [-0.39, 0.29) is 23.7 Å². The van der Waals surface area contributed by atoms with Crippen molar-refractivity contribution in [2.75, 3.05) is 17.3 Å². The molecule has 9 nitrogen and oxygen atoms in total. The van der Waals surface area contributed by atoms with Gasteiger partial charge in [-0.2, -0.15) is 4.37 Å². The maximum absolute atomic E-state index is 11.8. The first-order chi connectivity index (χ1) is 13.9. The molecule has 0 radical (unpaired) electrons. The number of nitrogens with one attached hydrogen (secondary N) is 2. The van der Waals surface area contributed by atoms with Gasteiger partial charge in [-0.1, -0.05) is 6.58 Å². The van der Waals surface area contributed by atoms with E-state index in [4.69, 9.17) is 5.73 Å². The molecule has 1 aliphatic rings. The summed E-state index contributed by atoms with van der Waals surface area (Å²) in [4.78, 5) is 34.3. The second-order valence-electron chi connectivity index (χ2n) is 7.09. The largest absolute Gasteiger partial charge is 0.364 e. The fraction of sp³-hybridized carbons (Fsp3) is 0.421. The van der Waals surface area contributed by atoms with Crippen molar-refractivity contribution < 1.29 is 9.59 Å². The van der Waals surface area contributed by atoms with Crippen LogP contribution in [0.4, 0.5) is 16.6 Å². The summed E-state index contributed by atoms with van der Waals surface area (Å²) < 4.78 is 4.22. The van der Waals surface area contributed by atoms with Crippen molar-refractivity contribution in [3.8, 4) is 0 Å². The fourth-order valence-corrected chi connectivity index (χ4v) is 4.11. The monoisotopic (exact) mass is 415 g/mol. The smallest absolute Gasteiger partial charge is 0.271 e. The van der Waals surface area contributed by atoms with Crippen LogP contribution in [0.3, 0.4) is 0 Å². The first kappa shape index (κ1) is 20.7. The molecule has 2 atom stereocenters. The second-order valence-corrected chi connectivity index (χ2v) is 7.89. The highest BCUT2D eigenvalue weighted by Crippen LogP contribution is 2.28. The Bertz CT molecular complexity index is 914. The van der Waals surface area contributed by atoms with Gasteiger partial charge in [-0.25, -0.2) is 9.97 Å². The van der Waals surface area contributed by atoms with Gasteiger partial charge in [-0.05, 0) is 56.3 Å². The summed E-state index contributed by atoms with van der Waals surface area (Å²) in [5, 5.41) is 6.83. The summed E-state index contributed by atoms with van der Waals surface area (Å²) >= 11 is 1.27. The summed E-state index contributed by atoms with van der Waals surface area (Å²) in [5.74, 6) is 0.118. The zero-order chi connectivity index (χ0) is 21.0. The third kappa shape index (κ3) is 5.08. The lowest BCUT2D eigenvalue weighted by atomic mass is 9.90. The Labute approximate surface area is 173 Å². The van der Waals surface area contributed by atoms with Crippen molar-refractivity contribution in [3.05, 3.63) is 36.3 Å². The van der Waals surface area contributed by atoms with Gasteiger partial charge < -0.3 is 21.3 Å². The number of carbonyl (C=O) groups excluding carboxylic acids is 2. The number of nitrogens with zero attached hydrogens (tertiary/aromatic N) is 4. The third-order valence-corrected chi connectivity index (χ3v) is 5.75. The van der Waals surface area contributed by atoms with Crippen LogP contribution in [-0.4, -0.2) is 45.3 Å². The van der Waals surface area contributed by atoms with E-state index in [1.165, 1.54) is 17.6 Å². The molecule has 10 heteroatoms. The van der Waals surface area contributed by atoms with Gasteiger partial charge in [0.15, 0.2) is 11.5 Å². The molecule has 29 heavy (non-hydrogen) atoms. The first-order valence-corrected chi connectivity index (χ1v) is 10.2. The lowest BCUT2D eigenvalue weighted by molar-refractivity contribution is -0.117. The number of rotatable bonds is 7. The molecule has 3 rings (SSSR count). The van der Waals surface area contributed by atoms with Crippen molar-refractivity contribution in [1.29, 1.82) is 0 Å². The van der Waals surface area contributed by atoms with E-state index in [1.807, 2.05) is 24.9 Å². The van der Waals surface area contributed by atoms with Crippen LogP contribution in [0, 0.1) is 6.92 Å². The van der Waals surface area contributed by atoms with Crippen LogP contribution in [0.15, 0.2) is 24.9 Å². The van der Waals surface area contributed by atoms with E-state index >= 15 is 0 Å². The predicted octanol–water partition coefficient (Wildman–Crippen LogP) is 2.13. The summed E-state index contributed by atoms with van der Waals surface area (Å²) in [7, 11) is 1.94. The highest BCUT2D eigenvalue weighted by atomic mass is 32.1. The molecule has 0 saturated heterocycles. The molecular formula is C19H25N7O2S. The fourth-order valence-electron chi connectivity index (χ4n) is 3.45. The summed E-state index contributed by atoms with van der Waals surface area (Å²) in [6.07, 6.45) is 6.55. The molecule has 2 heterocycles. The number of amides is 2. The lowest BCUT2D eigenvalue weighted by Crippen LogP contribution is -2.44. The number of anilines is 3. The van der Waals surface area contributed by atoms with E-state index < -0.39 is 5.91 Å². The molecule has 1 fully saturated rings. The molecule has 1 saturated carbocycles. The van der Waals surface area contributed by atoms with Crippen LogP contribution >= 0.6 is 11.5 Å². The van der Waals surface area contributed by atoms with Crippen molar-refractivity contribution >= 4 is 40.0 Å². The van der Waals surface area contributed by atoms with Gasteiger partial charge in [0.25, 0.3) is 5.91 Å². The SMILES string of the molecule is C=CC(=O)NC1CCC[C@@H](N(C)c2cnc(C(N)=O)c(Nc3cc(C)ns3)n2)C1. The quantitative estimate of drug-likeness (QED) is 0.591. The number of nitrogens with two attached hydrogens (primary N) is 1. The topological polar surface area (TPSA) is 126 Å². The Morgan fingerprint density at radius 3 is 2.86 bits per heavy atom. The molecule has 1 unspecified atom stereocenters. The van der Waals surface area contributed by atoms with Crippen LogP contribution in [0.1, 0.15) is 41.9 Å². The summed E-state index contributed by atoms with van der Waals surface area (Å²) in [6, 6.07) is 2.14. The molecule has 2 aromatic heterocycles. The van der Waals surface area contributed by atoms with Crippen molar-refractivity contribution in [2.24, 2.45) is 5.73 Å². The van der Waals surface area contributed by atoms with Gasteiger partial charge in [-0.15, -0.1) is 0 Å². The molecule has 4 N–H and O–H groups in total. The molecule has 0 aromatic carbocycles. The highest BCUT2D eigenvalue weighted by Gasteiger charge is 2.27. The van der Waals surface area contributed by atoms with Gasteiger partial charge in [0.1, 0.15) is 10.8 Å². The molecule has 1 aliphatic carbocycles. The van der Waals surface area contributed by atoms with Crippen LogP contribution in [0.5, 0.6) is 0 Å². The van der Waals surface area contributed by atoms with Gasteiger partial charge in [0, 0.05) is 19.1 Å². The Kier molecular flexibility index (Phi) is 6.42. The maximum Gasteiger partial charge on any atom is 0.271 e. The molecular weight excluding hydrogens is 390 g/mol. The molecule has 0 aliphatic heterocycles. The molecule has 154 valence electrons. The van der Waals surface area contributed by atoms with E-state index in [9.17, 15) is 9.59 Å². The summed E-state index contributed by atoms with van der Waals surface area (Å²) in [6.45, 7) is 5.39. The zero-order valence-corrected chi connectivity index (χ0v) is 17.3. The highest BCUT2D eigenvalue weighted by molar-refractivity contribution is 7.10. The van der Waals surface area contributed by atoms with Crippen molar-refractivity contribution in [1.82, 2.24) is 19.7 Å². The summed E-state index contributed by atoms with van der Waals surface area (Å²) in [5.41, 5.74) is 6.41. The standard InChI is InChI=1S/C19H25N7O2S/c1-4-15(27)22-12-6-5-7-13(9-12)26(3)14-10-21-17(18(20)28)19(23-14)24-16-8-11(2)25-29-16/h4,8,10,12-13H,1,5-7,9H2,2-3H3,(H2,20,28)(H,22,27)(H,23,24)/t12?,13-/m1/s1. The number of carbonyl (C=O) groups is 2. The Morgan fingerprint density at radius 1 is 1.41 bits per heavy atom. The molecule has 0 bridgehead atoms. The average molecular weight is 416 g/mol. The number of primary amides is 1. The van der Waals surface area contributed by atoms with Gasteiger partial charge in [-0.3, -0.25) is 9.59 Å². The lowest BCUT2D eigenvalue weighted by Gasteiger charge is -2.36. The third-order valence-electron chi connectivity index (χ3n) is 4.95. The minimum absolute atomic E-state index is 0.0768. The average Bonchev–Trinajstić information content (AvgIpc) is 3.11. The van der Waals surface area contributed by atoms with Crippen LogP contribution < -0.4 is 21.3 Å². The number of aromatic nitrogens is 3. The molecule has 0 spiro atoms. The Balaban J connectivity index is 1.80. The van der Waals surface area contributed by atoms with E-state index in [0.29, 0.717) is 11.6 Å². The number of hydrogen-bond acceptors (Lipinski definition) is 8. The zero-order valence-electron chi connectivity index (χ0n) is 16.5. The molecule has 2 aromatic rings. The van der Waals surface area contributed by atoms with E-state index in [1.54, 1.807) is 6.20 Å². The van der Waals surface area contributed by atoms with Crippen molar-refractivity contribution in [2.45, 2.75) is 44.7 Å². The van der Waals surface area contributed by atoms with Crippen molar-refractivity contribution in [3.63, 3.8) is 0 Å². The Morgan fingerprint density at radius 2 is 2.21 bits per heavy atom. The normalized spacial score (nSPS) is 18.7. The maximum atomic E-state index is 11.8. The van der Waals surface area contributed by atoms with Gasteiger partial charge >= 0.3 is 0 Å². The second kappa shape index (κ2) is 8.99. The van der Waals surface area contributed by atoms with Crippen LogP contribution in [0.2, 0.25) is 0 Å². The van der Waals surface area contributed by atoms with E-state index in [2.05, 4.69) is 31.6 Å². The minimum Gasteiger partial charge on any atom is -0.364 e. The van der Waals surface area contributed by atoms with Gasteiger partial charge in [0.2, 0.25) is 5.91 Å². The first-order valence-electron chi connectivity index (χ1n) is 9.40. The molecule has 2 amide bonds. The van der Waals surface area contributed by atoms with Crippen LogP contribution in [0.25, 0.3) is 0 Å². The number of hydrogen-bond donors (Lipinski definition) is 3. The van der Waals surface area contributed by atoms with Gasteiger partial charge in [0.05, 0.1) is 11.9 Å². The minimum atomic E-state index is -0.652. The van der Waals surface area contributed by atoms with E-state index in [0.717, 1.165) is 36.4 Å².